The third-order valence-corrected chi connectivity index (χ3v) is 7.88. The Balaban J connectivity index is 1.48. The first-order valence-corrected chi connectivity index (χ1v) is 14.3. The largest absolute Gasteiger partial charge is 0.493 e. The van der Waals surface area contributed by atoms with Crippen molar-refractivity contribution in [2.75, 3.05) is 12.0 Å². The Kier molecular flexibility index (Phi) is 8.81. The molecule has 0 bridgehead atoms. The second-order valence-corrected chi connectivity index (χ2v) is 11.2. The van der Waals surface area contributed by atoms with E-state index in [1.54, 1.807) is 89.8 Å². The zero-order valence-corrected chi connectivity index (χ0v) is 24.8. The van der Waals surface area contributed by atoms with Crippen LogP contribution in [0.5, 0.6) is 11.5 Å². The maximum atomic E-state index is 14.1. The molecule has 0 aliphatic carbocycles. The quantitative estimate of drug-likeness (QED) is 0.186. The molecule has 0 saturated carbocycles. The second-order valence-electron chi connectivity index (χ2n) is 8.51. The predicted octanol–water partition coefficient (Wildman–Crippen LogP) is 9.29. The summed E-state index contributed by atoms with van der Waals surface area (Å²) in [6.07, 6.45) is 1.76. The topological polar surface area (TPSA) is 51.1 Å². The minimum Gasteiger partial charge on any atom is -0.493 e. The summed E-state index contributed by atoms with van der Waals surface area (Å²) >= 11 is 16.9. The zero-order valence-electron chi connectivity index (χ0n) is 20.9. The van der Waals surface area contributed by atoms with Gasteiger partial charge in [0.25, 0.3) is 5.91 Å². The maximum Gasteiger partial charge on any atom is 0.271 e. The summed E-state index contributed by atoms with van der Waals surface area (Å²) < 4.78 is 26.1. The van der Waals surface area contributed by atoms with Crippen LogP contribution in [0.1, 0.15) is 11.1 Å². The van der Waals surface area contributed by atoms with Gasteiger partial charge in [0, 0.05) is 15.6 Å². The number of carbonyl (C=O) groups excluding carboxylic acids is 1. The molecule has 202 valence electrons. The van der Waals surface area contributed by atoms with Gasteiger partial charge in [-0.15, -0.1) is 0 Å². The van der Waals surface area contributed by atoms with Gasteiger partial charge in [0.15, 0.2) is 16.7 Å². The molecule has 0 aromatic heterocycles. The molecule has 10 heteroatoms. The molecule has 1 fully saturated rings. The fraction of sp³-hybridized carbons (Fsp3) is 0.0667. The van der Waals surface area contributed by atoms with Crippen LogP contribution in [0.25, 0.3) is 6.08 Å². The number of hydrogen-bond acceptors (Lipinski definition) is 5. The minimum absolute atomic E-state index is 0.0248. The molecule has 4 aromatic rings. The lowest BCUT2D eigenvalue weighted by Crippen LogP contribution is -2.28. The standard InChI is InChI=1S/C30H20BrCl2FN2O3S/c1-38-26-15-18(14-24(31)28(26)39-17-19-4-2-3-5-25(19)34)16-27-29(37)36(23-12-8-21(33)9-13-23)30(40-27)35-22-10-6-20(32)7-11-22/h2-16H,17H2,1H3/b27-16-,35-30?. The maximum absolute atomic E-state index is 14.1. The lowest BCUT2D eigenvalue weighted by atomic mass is 10.1. The Bertz CT molecular complexity index is 1630. The van der Waals surface area contributed by atoms with E-state index in [0.717, 1.165) is 0 Å². The van der Waals surface area contributed by atoms with Crippen LogP contribution >= 0.6 is 50.9 Å². The van der Waals surface area contributed by atoms with Crippen LogP contribution in [0.4, 0.5) is 15.8 Å². The molecule has 0 unspecified atom stereocenters. The number of thioether (sulfide) groups is 1. The molecule has 0 N–H and O–H groups in total. The van der Waals surface area contributed by atoms with Gasteiger partial charge >= 0.3 is 0 Å². The van der Waals surface area contributed by atoms with E-state index in [9.17, 15) is 9.18 Å². The second kappa shape index (κ2) is 12.5. The number of rotatable bonds is 7. The van der Waals surface area contributed by atoms with Crippen LogP contribution in [0.15, 0.2) is 99.3 Å². The van der Waals surface area contributed by atoms with Crippen molar-refractivity contribution in [2.24, 2.45) is 4.99 Å². The lowest BCUT2D eigenvalue weighted by Gasteiger charge is -2.16. The Morgan fingerprint density at radius 3 is 2.35 bits per heavy atom. The van der Waals surface area contributed by atoms with Gasteiger partial charge < -0.3 is 9.47 Å². The first-order chi connectivity index (χ1) is 19.3. The van der Waals surface area contributed by atoms with E-state index in [2.05, 4.69) is 15.9 Å². The first-order valence-electron chi connectivity index (χ1n) is 11.9. The molecule has 0 radical (unpaired) electrons. The van der Waals surface area contributed by atoms with Crippen LogP contribution in [0.3, 0.4) is 0 Å². The van der Waals surface area contributed by atoms with Gasteiger partial charge in [-0.2, -0.15) is 0 Å². The van der Waals surface area contributed by atoms with Gasteiger partial charge in [-0.3, -0.25) is 9.69 Å². The molecular weight excluding hydrogens is 638 g/mol. The SMILES string of the molecule is COc1cc(/C=C2\SC(=Nc3ccc(Cl)cc3)N(c3ccc(Cl)cc3)C2=O)cc(Br)c1OCc1ccccc1F. The van der Waals surface area contributed by atoms with Gasteiger partial charge in [0.2, 0.25) is 0 Å². The van der Waals surface area contributed by atoms with Crippen molar-refractivity contribution in [3.8, 4) is 11.5 Å². The van der Waals surface area contributed by atoms with Crippen molar-refractivity contribution in [1.82, 2.24) is 0 Å². The van der Waals surface area contributed by atoms with Crippen LogP contribution in [0.2, 0.25) is 10.0 Å². The highest BCUT2D eigenvalue weighted by molar-refractivity contribution is 9.10. The van der Waals surface area contributed by atoms with E-state index >= 15 is 0 Å². The average Bonchev–Trinajstić information content (AvgIpc) is 3.24. The number of methoxy groups -OCH3 is 1. The Hall–Kier alpha value is -3.30. The smallest absolute Gasteiger partial charge is 0.271 e. The number of halogens is 4. The van der Waals surface area contributed by atoms with E-state index in [0.29, 0.717) is 58.6 Å². The van der Waals surface area contributed by atoms with Crippen molar-refractivity contribution in [1.29, 1.82) is 0 Å². The third kappa shape index (κ3) is 6.36. The van der Waals surface area contributed by atoms with Gasteiger partial charge in [-0.25, -0.2) is 9.38 Å². The van der Waals surface area contributed by atoms with Gasteiger partial charge in [0.1, 0.15) is 12.4 Å². The summed E-state index contributed by atoms with van der Waals surface area (Å²) in [6, 6.07) is 24.0. The van der Waals surface area contributed by atoms with Gasteiger partial charge in [-0.1, -0.05) is 41.4 Å². The monoisotopic (exact) mass is 656 g/mol. The molecule has 0 spiro atoms. The minimum atomic E-state index is -0.350. The van der Waals surface area contributed by atoms with Gasteiger partial charge in [0.05, 0.1) is 27.9 Å². The highest BCUT2D eigenvalue weighted by Crippen LogP contribution is 2.41. The van der Waals surface area contributed by atoms with Crippen molar-refractivity contribution in [3.05, 3.63) is 121 Å². The molecule has 5 nitrogen and oxygen atoms in total. The zero-order chi connectivity index (χ0) is 28.2. The Morgan fingerprint density at radius 1 is 1.00 bits per heavy atom. The number of amidine groups is 1. The summed E-state index contributed by atoms with van der Waals surface area (Å²) in [5.41, 5.74) is 2.40. The van der Waals surface area contributed by atoms with Crippen LogP contribution in [0, 0.1) is 5.82 Å². The molecule has 4 aromatic carbocycles. The van der Waals surface area contributed by atoms with Crippen LogP contribution in [-0.2, 0) is 11.4 Å². The van der Waals surface area contributed by atoms with E-state index in [1.807, 2.05) is 0 Å². The molecule has 1 aliphatic heterocycles. The Morgan fingerprint density at radius 2 is 1.68 bits per heavy atom. The number of carbonyl (C=O) groups is 1. The number of anilines is 1. The molecule has 40 heavy (non-hydrogen) atoms. The van der Waals surface area contributed by atoms with Crippen molar-refractivity contribution in [3.63, 3.8) is 0 Å². The molecular formula is C30H20BrCl2FN2O3S. The fourth-order valence-electron chi connectivity index (χ4n) is 3.87. The third-order valence-electron chi connectivity index (χ3n) is 5.82. The fourth-order valence-corrected chi connectivity index (χ4v) is 5.70. The van der Waals surface area contributed by atoms with Crippen molar-refractivity contribution >= 4 is 79.4 Å². The number of ether oxygens (including phenoxy) is 2. The van der Waals surface area contributed by atoms with Gasteiger partial charge in [-0.05, 0) is 106 Å². The predicted molar refractivity (Wildman–Crippen MR) is 164 cm³/mol. The van der Waals surface area contributed by atoms with Crippen molar-refractivity contribution in [2.45, 2.75) is 6.61 Å². The summed E-state index contributed by atoms with van der Waals surface area (Å²) in [6.45, 7) is 0.0248. The molecule has 1 saturated heterocycles. The molecule has 1 aliphatic rings. The van der Waals surface area contributed by atoms with Crippen molar-refractivity contribution < 1.29 is 18.7 Å². The normalized spacial score (nSPS) is 15.2. The molecule has 1 heterocycles. The summed E-state index contributed by atoms with van der Waals surface area (Å²) in [5, 5.41) is 1.64. The van der Waals surface area contributed by atoms with E-state index in [4.69, 9.17) is 37.7 Å². The molecule has 0 atom stereocenters. The molecule has 1 amide bonds. The molecule has 5 rings (SSSR count). The summed E-state index contributed by atoms with van der Waals surface area (Å²) in [7, 11) is 1.52. The summed E-state index contributed by atoms with van der Waals surface area (Å²) in [4.78, 5) is 20.4. The highest BCUT2D eigenvalue weighted by Gasteiger charge is 2.35. The summed E-state index contributed by atoms with van der Waals surface area (Å²) in [5.74, 6) is 0.260. The average molecular weight is 658 g/mol. The van der Waals surface area contributed by atoms with Crippen LogP contribution < -0.4 is 14.4 Å². The van der Waals surface area contributed by atoms with E-state index in [1.165, 1.54) is 24.9 Å². The number of amides is 1. The number of benzene rings is 4. The number of nitrogens with zero attached hydrogens (tertiary/aromatic N) is 2. The van der Waals surface area contributed by atoms with E-state index < -0.39 is 0 Å². The lowest BCUT2D eigenvalue weighted by molar-refractivity contribution is -0.113. The number of aliphatic imine (C=N–C) groups is 1. The number of hydrogen-bond donors (Lipinski definition) is 0. The Labute approximate surface area is 253 Å². The van der Waals surface area contributed by atoms with E-state index in [-0.39, 0.29) is 18.3 Å². The first kappa shape index (κ1) is 28.2. The van der Waals surface area contributed by atoms with Crippen LogP contribution in [-0.4, -0.2) is 18.2 Å². The highest BCUT2D eigenvalue weighted by atomic mass is 79.9.